The van der Waals surface area contributed by atoms with Crippen LogP contribution in [0.3, 0.4) is 0 Å². The van der Waals surface area contributed by atoms with Crippen molar-refractivity contribution in [1.82, 2.24) is 9.97 Å². The Bertz CT molecular complexity index is 833. The van der Waals surface area contributed by atoms with Crippen molar-refractivity contribution < 1.29 is 4.79 Å². The van der Waals surface area contributed by atoms with Gasteiger partial charge in [0.1, 0.15) is 5.25 Å². The highest BCUT2D eigenvalue weighted by atomic mass is 32.2. The fourth-order valence-electron chi connectivity index (χ4n) is 2.49. The van der Waals surface area contributed by atoms with Crippen LogP contribution in [0, 0.1) is 13.8 Å². The molecule has 1 atom stereocenters. The van der Waals surface area contributed by atoms with Crippen molar-refractivity contribution in [2.45, 2.75) is 24.0 Å². The quantitative estimate of drug-likeness (QED) is 0.686. The van der Waals surface area contributed by atoms with Crippen LogP contribution in [0.5, 0.6) is 0 Å². The number of aryl methyl sites for hydroxylation is 2. The van der Waals surface area contributed by atoms with E-state index in [1.807, 2.05) is 80.6 Å². The third-order valence-corrected chi connectivity index (χ3v) is 4.82. The number of rotatable bonds is 5. The minimum Gasteiger partial charge on any atom is -0.293 e. The average molecular weight is 349 g/mol. The van der Waals surface area contributed by atoms with Crippen LogP contribution in [0.15, 0.2) is 71.6 Å². The van der Waals surface area contributed by atoms with Crippen molar-refractivity contribution >= 4 is 23.6 Å². The van der Waals surface area contributed by atoms with E-state index in [-0.39, 0.29) is 11.2 Å². The second kappa shape index (κ2) is 7.94. The molecule has 0 spiro atoms. The van der Waals surface area contributed by atoms with Gasteiger partial charge in [-0.25, -0.2) is 9.97 Å². The number of hydrogen-bond donors (Lipinski definition) is 1. The molecule has 2 aromatic carbocycles. The van der Waals surface area contributed by atoms with Gasteiger partial charge < -0.3 is 0 Å². The summed E-state index contributed by atoms with van der Waals surface area (Å²) in [4.78, 5) is 22.6. The predicted molar refractivity (Wildman–Crippen MR) is 102 cm³/mol. The first-order valence-corrected chi connectivity index (χ1v) is 8.89. The molecule has 126 valence electrons. The second-order valence-corrected chi connectivity index (χ2v) is 6.86. The molecule has 3 rings (SSSR count). The topological polar surface area (TPSA) is 54.9 Å². The maximum atomic E-state index is 12.9. The zero-order valence-corrected chi connectivity index (χ0v) is 15.0. The lowest BCUT2D eigenvalue weighted by molar-refractivity contribution is -0.115. The largest absolute Gasteiger partial charge is 0.293 e. The highest BCUT2D eigenvalue weighted by Gasteiger charge is 2.23. The van der Waals surface area contributed by atoms with E-state index in [0.29, 0.717) is 5.95 Å². The van der Waals surface area contributed by atoms with E-state index in [1.165, 1.54) is 11.8 Å². The summed E-state index contributed by atoms with van der Waals surface area (Å²) in [5.41, 5.74) is 2.60. The minimum atomic E-state index is -0.381. The first-order chi connectivity index (χ1) is 12.1. The van der Waals surface area contributed by atoms with Gasteiger partial charge in [-0.2, -0.15) is 0 Å². The molecule has 0 aliphatic carbocycles. The lowest BCUT2D eigenvalue weighted by Crippen LogP contribution is -2.20. The van der Waals surface area contributed by atoms with Crippen LogP contribution in [-0.2, 0) is 4.79 Å². The number of amides is 1. The fourth-order valence-corrected chi connectivity index (χ4v) is 3.54. The molecule has 25 heavy (non-hydrogen) atoms. The molecule has 1 aromatic heterocycles. The number of nitrogens with one attached hydrogen (secondary N) is 1. The van der Waals surface area contributed by atoms with Gasteiger partial charge in [-0.3, -0.25) is 10.1 Å². The van der Waals surface area contributed by atoms with Crippen LogP contribution < -0.4 is 5.32 Å². The van der Waals surface area contributed by atoms with Gasteiger partial charge in [0.25, 0.3) is 0 Å². The monoisotopic (exact) mass is 349 g/mol. The summed E-state index contributed by atoms with van der Waals surface area (Å²) < 4.78 is 0. The van der Waals surface area contributed by atoms with Crippen molar-refractivity contribution in [2.24, 2.45) is 0 Å². The summed E-state index contributed by atoms with van der Waals surface area (Å²) in [5, 5.41) is 2.48. The van der Waals surface area contributed by atoms with Gasteiger partial charge in [-0.05, 0) is 37.6 Å². The summed E-state index contributed by atoms with van der Waals surface area (Å²) in [6.45, 7) is 3.77. The molecule has 0 fully saturated rings. The van der Waals surface area contributed by atoms with Crippen LogP contribution in [0.2, 0.25) is 0 Å². The average Bonchev–Trinajstić information content (AvgIpc) is 2.60. The standard InChI is InChI=1S/C20H19N3OS/c1-14-13-15(2)22-20(21-14)23-19(24)18(16-9-5-3-6-10-16)25-17-11-7-4-8-12-17/h3-13,18H,1-2H3,(H,21,22,23,24)/t18-/m0/s1. The SMILES string of the molecule is Cc1cc(C)nc(NC(=O)[C@@H](Sc2ccccc2)c2ccccc2)n1. The number of benzene rings is 2. The normalized spacial score (nSPS) is 11.8. The van der Waals surface area contributed by atoms with Gasteiger partial charge in [-0.15, -0.1) is 11.8 Å². The van der Waals surface area contributed by atoms with Gasteiger partial charge >= 0.3 is 0 Å². The van der Waals surface area contributed by atoms with Gasteiger partial charge in [0, 0.05) is 16.3 Å². The molecule has 0 saturated carbocycles. The maximum absolute atomic E-state index is 12.9. The van der Waals surface area contributed by atoms with Crippen molar-refractivity contribution in [3.05, 3.63) is 83.7 Å². The van der Waals surface area contributed by atoms with Crippen LogP contribution in [0.25, 0.3) is 0 Å². The molecule has 1 N–H and O–H groups in total. The molecule has 0 aliphatic rings. The highest BCUT2D eigenvalue weighted by Crippen LogP contribution is 2.35. The van der Waals surface area contributed by atoms with E-state index in [2.05, 4.69) is 15.3 Å². The molecular weight excluding hydrogens is 330 g/mol. The lowest BCUT2D eigenvalue weighted by Gasteiger charge is -2.16. The fraction of sp³-hybridized carbons (Fsp3) is 0.150. The number of nitrogens with zero attached hydrogens (tertiary/aromatic N) is 2. The summed E-state index contributed by atoms with van der Waals surface area (Å²) in [5.74, 6) is 0.210. The molecule has 1 amide bonds. The summed E-state index contributed by atoms with van der Waals surface area (Å²) in [7, 11) is 0. The third kappa shape index (κ3) is 4.67. The lowest BCUT2D eigenvalue weighted by atomic mass is 10.1. The zero-order valence-electron chi connectivity index (χ0n) is 14.1. The Morgan fingerprint density at radius 3 is 2.08 bits per heavy atom. The summed E-state index contributed by atoms with van der Waals surface area (Å²) in [6, 6.07) is 21.5. The predicted octanol–water partition coefficient (Wildman–Crippen LogP) is 4.57. The van der Waals surface area contributed by atoms with Gasteiger partial charge in [-0.1, -0.05) is 48.5 Å². The van der Waals surface area contributed by atoms with Gasteiger partial charge in [0.2, 0.25) is 11.9 Å². The first-order valence-electron chi connectivity index (χ1n) is 8.01. The van der Waals surface area contributed by atoms with Crippen molar-refractivity contribution in [3.8, 4) is 0 Å². The smallest absolute Gasteiger partial charge is 0.244 e. The molecule has 0 unspecified atom stereocenters. The number of hydrogen-bond acceptors (Lipinski definition) is 4. The Morgan fingerprint density at radius 2 is 1.48 bits per heavy atom. The highest BCUT2D eigenvalue weighted by molar-refractivity contribution is 8.00. The molecule has 3 aromatic rings. The molecule has 0 aliphatic heterocycles. The van der Waals surface area contributed by atoms with Crippen LogP contribution in [-0.4, -0.2) is 15.9 Å². The Labute approximate surface area is 151 Å². The van der Waals surface area contributed by atoms with E-state index in [9.17, 15) is 4.79 Å². The van der Waals surface area contributed by atoms with Crippen molar-refractivity contribution in [2.75, 3.05) is 5.32 Å². The molecule has 0 radical (unpaired) electrons. The Morgan fingerprint density at radius 1 is 0.920 bits per heavy atom. The second-order valence-electron chi connectivity index (χ2n) is 5.69. The van der Waals surface area contributed by atoms with Gasteiger partial charge in [0.05, 0.1) is 0 Å². The Balaban J connectivity index is 1.86. The molecule has 0 bridgehead atoms. The Kier molecular flexibility index (Phi) is 5.46. The molecule has 5 heteroatoms. The van der Waals surface area contributed by atoms with Crippen molar-refractivity contribution in [1.29, 1.82) is 0 Å². The molecule has 0 saturated heterocycles. The maximum Gasteiger partial charge on any atom is 0.244 e. The van der Waals surface area contributed by atoms with E-state index in [4.69, 9.17) is 0 Å². The number of anilines is 1. The van der Waals surface area contributed by atoms with Gasteiger partial charge in [0.15, 0.2) is 0 Å². The summed E-state index contributed by atoms with van der Waals surface area (Å²) >= 11 is 1.51. The van der Waals surface area contributed by atoms with Crippen molar-refractivity contribution in [3.63, 3.8) is 0 Å². The third-order valence-electron chi connectivity index (χ3n) is 3.55. The Hall–Kier alpha value is -2.66. The van der Waals surface area contributed by atoms with Crippen LogP contribution in [0.4, 0.5) is 5.95 Å². The first kappa shape index (κ1) is 17.2. The summed E-state index contributed by atoms with van der Waals surface area (Å²) in [6.07, 6.45) is 0. The number of carbonyl (C=O) groups excluding carboxylic acids is 1. The zero-order chi connectivity index (χ0) is 17.6. The molecule has 4 nitrogen and oxygen atoms in total. The van der Waals surface area contributed by atoms with Crippen LogP contribution in [0.1, 0.15) is 22.2 Å². The van der Waals surface area contributed by atoms with E-state index in [0.717, 1.165) is 21.8 Å². The molecule has 1 heterocycles. The minimum absolute atomic E-state index is 0.134. The van der Waals surface area contributed by atoms with E-state index >= 15 is 0 Å². The number of thioether (sulfide) groups is 1. The molecular formula is C20H19N3OS. The van der Waals surface area contributed by atoms with E-state index in [1.54, 1.807) is 0 Å². The van der Waals surface area contributed by atoms with Crippen LogP contribution >= 0.6 is 11.8 Å². The number of aromatic nitrogens is 2. The number of carbonyl (C=O) groups is 1. The van der Waals surface area contributed by atoms with E-state index < -0.39 is 0 Å².